The number of nitrogens with zero attached hydrogens (tertiary/aromatic N) is 3. The number of ether oxygens (including phenoxy) is 4. The van der Waals surface area contributed by atoms with E-state index in [9.17, 15) is 15.0 Å². The van der Waals surface area contributed by atoms with Crippen LogP contribution in [-0.2, 0) is 18.9 Å². The number of aromatic hydroxyl groups is 2. The topological polar surface area (TPSA) is 123 Å². The van der Waals surface area contributed by atoms with Crippen LogP contribution >= 0.6 is 0 Å². The summed E-state index contributed by atoms with van der Waals surface area (Å²) in [6.07, 6.45) is 1.45. The Labute approximate surface area is 182 Å². The van der Waals surface area contributed by atoms with Gasteiger partial charge in [-0.25, -0.2) is 9.78 Å². The van der Waals surface area contributed by atoms with Gasteiger partial charge in [-0.15, -0.1) is 0 Å². The summed E-state index contributed by atoms with van der Waals surface area (Å²) < 4.78 is 23.8. The van der Waals surface area contributed by atoms with E-state index in [4.69, 9.17) is 18.9 Å². The molecule has 2 fully saturated rings. The van der Waals surface area contributed by atoms with Gasteiger partial charge in [0.1, 0.15) is 17.8 Å². The molecule has 0 bridgehead atoms. The largest absolute Gasteiger partial charge is 0.493 e. The smallest absolute Gasteiger partial charge is 0.411 e. The third-order valence-electron chi connectivity index (χ3n) is 5.15. The Morgan fingerprint density at radius 2 is 1.94 bits per heavy atom. The van der Waals surface area contributed by atoms with Crippen LogP contribution in [0.5, 0.6) is 11.9 Å². The first-order valence-corrected chi connectivity index (χ1v) is 10.6. The van der Waals surface area contributed by atoms with Crippen molar-refractivity contribution >= 4 is 6.09 Å². The molecule has 31 heavy (non-hydrogen) atoms. The molecule has 3 rings (SSSR count). The summed E-state index contributed by atoms with van der Waals surface area (Å²) in [5.41, 5.74) is -0.502. The molecule has 2 N–H and O–H groups in total. The minimum atomic E-state index is -0.886. The van der Waals surface area contributed by atoms with Gasteiger partial charge >= 0.3 is 12.1 Å². The van der Waals surface area contributed by atoms with E-state index in [0.29, 0.717) is 6.61 Å². The predicted molar refractivity (Wildman–Crippen MR) is 110 cm³/mol. The van der Waals surface area contributed by atoms with Gasteiger partial charge in [0.25, 0.3) is 0 Å². The van der Waals surface area contributed by atoms with E-state index >= 15 is 0 Å². The number of hydrogen-bond acceptors (Lipinski definition) is 9. The Bertz CT molecular complexity index is 796. The van der Waals surface area contributed by atoms with Crippen LogP contribution in [0.1, 0.15) is 66.0 Å². The fourth-order valence-electron chi connectivity index (χ4n) is 3.98. The van der Waals surface area contributed by atoms with Crippen molar-refractivity contribution in [3.8, 4) is 11.9 Å². The molecule has 0 aromatic carbocycles. The second-order valence-corrected chi connectivity index (χ2v) is 9.34. The Hall–Kier alpha value is -2.17. The number of aromatic nitrogens is 2. The highest BCUT2D eigenvalue weighted by atomic mass is 16.8. The highest BCUT2D eigenvalue weighted by Gasteiger charge is 2.61. The van der Waals surface area contributed by atoms with E-state index in [1.807, 2.05) is 0 Å². The summed E-state index contributed by atoms with van der Waals surface area (Å²) in [6.45, 7) is 11.8. The first kappa shape index (κ1) is 23.5. The van der Waals surface area contributed by atoms with Crippen molar-refractivity contribution in [1.29, 1.82) is 0 Å². The van der Waals surface area contributed by atoms with Gasteiger partial charge in [0, 0.05) is 12.8 Å². The summed E-state index contributed by atoms with van der Waals surface area (Å²) in [4.78, 5) is 22.2. The van der Waals surface area contributed by atoms with Crippen LogP contribution in [0.15, 0.2) is 6.20 Å². The third-order valence-corrected chi connectivity index (χ3v) is 5.15. The van der Waals surface area contributed by atoms with Gasteiger partial charge in [-0.1, -0.05) is 13.3 Å². The van der Waals surface area contributed by atoms with Gasteiger partial charge in [0.15, 0.2) is 5.79 Å². The van der Waals surface area contributed by atoms with Gasteiger partial charge in [-0.05, 0) is 41.0 Å². The molecule has 174 valence electrons. The van der Waals surface area contributed by atoms with E-state index in [0.717, 1.165) is 12.8 Å². The monoisotopic (exact) mass is 439 g/mol. The lowest BCUT2D eigenvalue weighted by Gasteiger charge is -2.35. The molecule has 1 aromatic rings. The molecule has 10 heteroatoms. The van der Waals surface area contributed by atoms with Gasteiger partial charge in [-0.2, -0.15) is 4.98 Å². The van der Waals surface area contributed by atoms with Crippen LogP contribution in [0.4, 0.5) is 4.79 Å². The molecular weight excluding hydrogens is 406 g/mol. The number of rotatable bonds is 6. The molecule has 2 saturated heterocycles. The van der Waals surface area contributed by atoms with Crippen molar-refractivity contribution in [2.75, 3.05) is 13.2 Å². The van der Waals surface area contributed by atoms with Crippen molar-refractivity contribution < 1.29 is 34.0 Å². The molecule has 0 aliphatic carbocycles. The average Bonchev–Trinajstić information content (AvgIpc) is 3.08. The van der Waals surface area contributed by atoms with Crippen LogP contribution < -0.4 is 0 Å². The lowest BCUT2D eigenvalue weighted by atomic mass is 10.0. The number of carbonyl (C=O) groups excluding carboxylic acids is 1. The molecular formula is C21H33N3O7. The van der Waals surface area contributed by atoms with Gasteiger partial charge in [-0.3, -0.25) is 4.90 Å². The minimum Gasteiger partial charge on any atom is -0.493 e. The zero-order chi connectivity index (χ0) is 23.0. The van der Waals surface area contributed by atoms with E-state index in [1.165, 1.54) is 11.1 Å². The van der Waals surface area contributed by atoms with Crippen molar-refractivity contribution in [2.45, 2.75) is 90.1 Å². The number of unbranched alkanes of at least 4 members (excludes halogenated alkanes) is 1. The number of carbonyl (C=O) groups is 1. The molecule has 0 unspecified atom stereocenters. The zero-order valence-electron chi connectivity index (χ0n) is 19.0. The standard InChI is InChI=1S/C21H33N3O7/c1-7-8-9-28-11-13-15-16(30-21(5,6)29-15)14(12-10-22-18(26)23-17(12)25)24(13)19(27)31-20(2,3)4/h10,13-16H,7-9,11H2,1-6H3,(H2,22,23,25,26)/t13-,14+,15-,16+/m1/s1. The van der Waals surface area contributed by atoms with E-state index in [2.05, 4.69) is 16.9 Å². The van der Waals surface area contributed by atoms with Crippen LogP contribution in [0.25, 0.3) is 0 Å². The van der Waals surface area contributed by atoms with Crippen LogP contribution in [0, 0.1) is 0 Å². The number of likely N-dealkylation sites (tertiary alicyclic amines) is 1. The van der Waals surface area contributed by atoms with E-state index in [1.54, 1.807) is 34.6 Å². The Balaban J connectivity index is 2.01. The maximum absolute atomic E-state index is 13.3. The number of amides is 1. The summed E-state index contributed by atoms with van der Waals surface area (Å²) in [5.74, 6) is -1.33. The quantitative estimate of drug-likeness (QED) is 0.644. The molecule has 2 aliphatic rings. The van der Waals surface area contributed by atoms with Crippen LogP contribution in [-0.4, -0.2) is 74.0 Å². The molecule has 0 saturated carbocycles. The fourth-order valence-corrected chi connectivity index (χ4v) is 3.98. The van der Waals surface area contributed by atoms with E-state index in [-0.39, 0.29) is 12.2 Å². The van der Waals surface area contributed by atoms with Gasteiger partial charge in [0.2, 0.25) is 5.88 Å². The third kappa shape index (κ3) is 5.19. The molecule has 3 heterocycles. The molecule has 10 nitrogen and oxygen atoms in total. The first-order valence-electron chi connectivity index (χ1n) is 10.6. The van der Waals surface area contributed by atoms with Crippen molar-refractivity contribution in [3.05, 3.63) is 11.8 Å². The van der Waals surface area contributed by atoms with Crippen LogP contribution in [0.3, 0.4) is 0 Å². The highest BCUT2D eigenvalue weighted by molar-refractivity contribution is 5.70. The minimum absolute atomic E-state index is 0.218. The second-order valence-electron chi connectivity index (χ2n) is 9.34. The fraction of sp³-hybridized carbons (Fsp3) is 0.762. The second kappa shape index (κ2) is 8.76. The van der Waals surface area contributed by atoms with Gasteiger partial charge in [0.05, 0.1) is 24.3 Å². The summed E-state index contributed by atoms with van der Waals surface area (Å²) in [6, 6.07) is -1.87. The van der Waals surface area contributed by atoms with Crippen molar-refractivity contribution in [3.63, 3.8) is 0 Å². The Morgan fingerprint density at radius 1 is 1.26 bits per heavy atom. The lowest BCUT2D eigenvalue weighted by Crippen LogP contribution is -2.47. The van der Waals surface area contributed by atoms with Crippen molar-refractivity contribution in [1.82, 2.24) is 14.9 Å². The highest BCUT2D eigenvalue weighted by Crippen LogP contribution is 2.49. The molecule has 0 radical (unpaired) electrons. The normalized spacial score (nSPS) is 27.4. The number of fused-ring (bicyclic) bond motifs is 1. The molecule has 2 aliphatic heterocycles. The van der Waals surface area contributed by atoms with Crippen molar-refractivity contribution in [2.24, 2.45) is 0 Å². The molecule has 0 spiro atoms. The average molecular weight is 440 g/mol. The Morgan fingerprint density at radius 3 is 2.55 bits per heavy atom. The lowest BCUT2D eigenvalue weighted by molar-refractivity contribution is -0.170. The first-order chi connectivity index (χ1) is 14.4. The number of hydrogen-bond donors (Lipinski definition) is 2. The predicted octanol–water partition coefficient (Wildman–Crippen LogP) is 2.89. The summed E-state index contributed by atoms with van der Waals surface area (Å²) >= 11 is 0. The Kier molecular flexibility index (Phi) is 6.64. The summed E-state index contributed by atoms with van der Waals surface area (Å²) in [7, 11) is 0. The summed E-state index contributed by atoms with van der Waals surface area (Å²) in [5, 5.41) is 20.0. The van der Waals surface area contributed by atoms with Crippen LogP contribution in [0.2, 0.25) is 0 Å². The van der Waals surface area contributed by atoms with Gasteiger partial charge < -0.3 is 29.2 Å². The zero-order valence-corrected chi connectivity index (χ0v) is 19.0. The molecule has 1 aromatic heterocycles. The SMILES string of the molecule is CCCCOC[C@@H]1[C@H]2OC(C)(C)O[C@H]2[C@H](c2cnc(O)nc2O)N1C(=O)OC(C)(C)C. The maximum Gasteiger partial charge on any atom is 0.411 e. The molecule has 4 atom stereocenters. The maximum atomic E-state index is 13.3. The molecule has 1 amide bonds. The van der Waals surface area contributed by atoms with E-state index < -0.39 is 53.7 Å².